The molecule has 0 amide bonds. The zero-order valence-corrected chi connectivity index (χ0v) is 18.6. The quantitative estimate of drug-likeness (QED) is 0.154. The van der Waals surface area contributed by atoms with Crippen LogP contribution in [0.25, 0.3) is 0 Å². The van der Waals surface area contributed by atoms with Crippen LogP contribution in [0.1, 0.15) is 45.4 Å². The van der Waals surface area contributed by atoms with E-state index >= 15 is 0 Å². The minimum atomic E-state index is -0.650. The average molecular weight is 441 g/mol. The van der Waals surface area contributed by atoms with Crippen LogP contribution in [0, 0.1) is 5.95 Å². The number of aromatic nitrogens is 1. The average Bonchev–Trinajstić information content (AvgIpc) is 2.80. The van der Waals surface area contributed by atoms with Crippen molar-refractivity contribution in [3.8, 4) is 0 Å². The molecule has 1 fully saturated rings. The minimum absolute atomic E-state index is 0.0354. The highest BCUT2D eigenvalue weighted by Crippen LogP contribution is 2.31. The van der Waals surface area contributed by atoms with Crippen molar-refractivity contribution in [3.05, 3.63) is 59.9 Å². The SMILES string of the molecule is CCC1(N/C=C(/C=O)C(N)=Nc2ccnc(F)c2)CCC(NCC2=CCC(N)C=C2)CC1. The monoisotopic (exact) mass is 440 g/mol. The number of halogens is 1. The van der Waals surface area contributed by atoms with Gasteiger partial charge >= 0.3 is 0 Å². The van der Waals surface area contributed by atoms with Gasteiger partial charge in [0.2, 0.25) is 5.95 Å². The lowest BCUT2D eigenvalue weighted by atomic mass is 9.77. The van der Waals surface area contributed by atoms with E-state index in [1.165, 1.54) is 17.8 Å². The summed E-state index contributed by atoms with van der Waals surface area (Å²) in [7, 11) is 0. The Morgan fingerprint density at radius 3 is 2.81 bits per heavy atom. The van der Waals surface area contributed by atoms with E-state index in [0.717, 1.165) is 51.1 Å². The van der Waals surface area contributed by atoms with Gasteiger partial charge in [-0.2, -0.15) is 4.39 Å². The first-order valence-electron chi connectivity index (χ1n) is 11.2. The Kier molecular flexibility index (Phi) is 8.30. The van der Waals surface area contributed by atoms with Crippen LogP contribution in [0.15, 0.2) is 58.9 Å². The first-order valence-corrected chi connectivity index (χ1v) is 11.2. The van der Waals surface area contributed by atoms with E-state index in [1.807, 2.05) is 0 Å². The molecule has 32 heavy (non-hydrogen) atoms. The zero-order valence-electron chi connectivity index (χ0n) is 18.6. The highest BCUT2D eigenvalue weighted by Gasteiger charge is 2.33. The second kappa shape index (κ2) is 11.2. The lowest BCUT2D eigenvalue weighted by molar-refractivity contribution is -0.104. The summed E-state index contributed by atoms with van der Waals surface area (Å²) in [5.41, 5.74) is 13.6. The second-order valence-electron chi connectivity index (χ2n) is 8.52. The van der Waals surface area contributed by atoms with Gasteiger partial charge in [-0.25, -0.2) is 9.98 Å². The Morgan fingerprint density at radius 1 is 1.41 bits per heavy atom. The van der Waals surface area contributed by atoms with Gasteiger partial charge in [0.05, 0.1) is 11.3 Å². The molecule has 2 aliphatic carbocycles. The summed E-state index contributed by atoms with van der Waals surface area (Å²) >= 11 is 0. The third-order valence-corrected chi connectivity index (χ3v) is 6.34. The van der Waals surface area contributed by atoms with Gasteiger partial charge in [-0.15, -0.1) is 0 Å². The van der Waals surface area contributed by atoms with Crippen molar-refractivity contribution in [1.82, 2.24) is 15.6 Å². The number of nitrogens with two attached hydrogens (primary N) is 2. The standard InChI is InChI=1S/C24H33FN6O/c1-2-24(10-7-20(8-11-24)29-14-17-3-5-19(26)6-4-17)30-15-18(16-32)23(27)31-21-9-12-28-22(25)13-21/h3-5,9,12-13,15-16,19-20,29-30H,2,6-8,10-11,14,26H2,1H3,(H2,27,28,31)/b18-15-. The summed E-state index contributed by atoms with van der Waals surface area (Å²) in [4.78, 5) is 19.2. The van der Waals surface area contributed by atoms with Crippen LogP contribution >= 0.6 is 0 Å². The number of hydrogen-bond donors (Lipinski definition) is 4. The summed E-state index contributed by atoms with van der Waals surface area (Å²) in [6.07, 6.45) is 15.9. The number of amidine groups is 1. The second-order valence-corrected chi connectivity index (χ2v) is 8.52. The molecular formula is C24H33FN6O. The van der Waals surface area contributed by atoms with Crippen molar-refractivity contribution in [1.29, 1.82) is 0 Å². The molecule has 0 aromatic carbocycles. The van der Waals surface area contributed by atoms with Crippen LogP contribution in [-0.2, 0) is 4.79 Å². The van der Waals surface area contributed by atoms with Crippen molar-refractivity contribution < 1.29 is 9.18 Å². The molecule has 1 heterocycles. The number of aldehydes is 1. The predicted molar refractivity (Wildman–Crippen MR) is 126 cm³/mol. The molecule has 1 atom stereocenters. The van der Waals surface area contributed by atoms with Crippen LogP contribution in [0.2, 0.25) is 0 Å². The fourth-order valence-corrected chi connectivity index (χ4v) is 4.11. The number of rotatable bonds is 9. The Morgan fingerprint density at radius 2 is 2.19 bits per heavy atom. The molecular weight excluding hydrogens is 407 g/mol. The lowest BCUT2D eigenvalue weighted by Gasteiger charge is -2.40. The molecule has 3 rings (SSSR count). The van der Waals surface area contributed by atoms with Crippen LogP contribution in [0.4, 0.5) is 10.1 Å². The molecule has 0 aliphatic heterocycles. The number of nitrogens with zero attached hydrogens (tertiary/aromatic N) is 2. The number of nitrogens with one attached hydrogen (secondary N) is 2. The van der Waals surface area contributed by atoms with Crippen LogP contribution in [0.3, 0.4) is 0 Å². The highest BCUT2D eigenvalue weighted by atomic mass is 19.1. The summed E-state index contributed by atoms with van der Waals surface area (Å²) in [5.74, 6) is -0.614. The Bertz CT molecular complexity index is 915. The van der Waals surface area contributed by atoms with E-state index in [0.29, 0.717) is 18.0 Å². The van der Waals surface area contributed by atoms with Crippen molar-refractivity contribution >= 4 is 17.8 Å². The smallest absolute Gasteiger partial charge is 0.214 e. The summed E-state index contributed by atoms with van der Waals surface area (Å²) in [6, 6.07) is 3.29. The normalized spacial score (nSPS) is 26.5. The van der Waals surface area contributed by atoms with Gasteiger partial charge in [-0.3, -0.25) is 4.79 Å². The molecule has 7 nitrogen and oxygen atoms in total. The number of hydrogen-bond acceptors (Lipinski definition) is 6. The van der Waals surface area contributed by atoms with Gasteiger partial charge in [-0.1, -0.05) is 25.2 Å². The lowest BCUT2D eigenvalue weighted by Crippen LogP contribution is -2.49. The van der Waals surface area contributed by atoms with Crippen LogP contribution < -0.4 is 22.1 Å². The molecule has 1 unspecified atom stereocenters. The van der Waals surface area contributed by atoms with E-state index in [-0.39, 0.29) is 23.0 Å². The van der Waals surface area contributed by atoms with Gasteiger partial charge in [0.15, 0.2) is 6.29 Å². The van der Waals surface area contributed by atoms with E-state index in [9.17, 15) is 9.18 Å². The fraction of sp³-hybridized carbons (Fsp3) is 0.458. The van der Waals surface area contributed by atoms with Gasteiger partial charge in [0.1, 0.15) is 5.84 Å². The number of pyridine rings is 1. The zero-order chi connectivity index (χ0) is 23.0. The first kappa shape index (κ1) is 23.8. The molecule has 1 aromatic rings. The van der Waals surface area contributed by atoms with Gasteiger partial charge in [-0.05, 0) is 50.2 Å². The first-order chi connectivity index (χ1) is 15.4. The molecule has 172 valence electrons. The Labute approximate surface area is 189 Å². The minimum Gasteiger partial charge on any atom is -0.385 e. The van der Waals surface area contributed by atoms with Crippen molar-refractivity contribution in [2.75, 3.05) is 6.54 Å². The molecule has 1 saturated carbocycles. The maximum Gasteiger partial charge on any atom is 0.214 e. The van der Waals surface area contributed by atoms with E-state index in [2.05, 4.69) is 45.8 Å². The molecule has 0 saturated heterocycles. The highest BCUT2D eigenvalue weighted by molar-refractivity contribution is 6.13. The molecule has 0 spiro atoms. The fourth-order valence-electron chi connectivity index (χ4n) is 4.11. The maximum absolute atomic E-state index is 13.3. The topological polar surface area (TPSA) is 118 Å². The third kappa shape index (κ3) is 6.58. The summed E-state index contributed by atoms with van der Waals surface area (Å²) in [6.45, 7) is 3.01. The summed E-state index contributed by atoms with van der Waals surface area (Å²) < 4.78 is 13.3. The number of carbonyl (C=O) groups is 1. The molecule has 0 bridgehead atoms. The van der Waals surface area contributed by atoms with Crippen molar-refractivity contribution in [2.45, 2.75) is 63.1 Å². The van der Waals surface area contributed by atoms with Gasteiger partial charge in [0.25, 0.3) is 0 Å². The summed E-state index contributed by atoms with van der Waals surface area (Å²) in [5, 5.41) is 7.10. The van der Waals surface area contributed by atoms with Gasteiger partial charge in [0, 0.05) is 42.6 Å². The molecule has 8 heteroatoms. The van der Waals surface area contributed by atoms with Crippen LogP contribution in [-0.4, -0.2) is 41.3 Å². The van der Waals surface area contributed by atoms with E-state index < -0.39 is 5.95 Å². The third-order valence-electron chi connectivity index (χ3n) is 6.34. The molecule has 1 aromatic heterocycles. The van der Waals surface area contributed by atoms with Crippen LogP contribution in [0.5, 0.6) is 0 Å². The molecule has 2 aliphatic rings. The van der Waals surface area contributed by atoms with E-state index in [4.69, 9.17) is 11.5 Å². The molecule has 6 N–H and O–H groups in total. The largest absolute Gasteiger partial charge is 0.385 e. The Hall–Kier alpha value is -2.84. The number of carbonyl (C=O) groups excluding carboxylic acids is 1. The van der Waals surface area contributed by atoms with E-state index in [1.54, 1.807) is 6.20 Å². The Balaban J connectivity index is 1.56. The maximum atomic E-state index is 13.3. The van der Waals surface area contributed by atoms with Crippen molar-refractivity contribution in [2.24, 2.45) is 16.5 Å². The van der Waals surface area contributed by atoms with Crippen molar-refractivity contribution in [3.63, 3.8) is 0 Å². The predicted octanol–water partition coefficient (Wildman–Crippen LogP) is 2.78. The number of aliphatic imine (C=N–C) groups is 1. The molecule has 0 radical (unpaired) electrons. The van der Waals surface area contributed by atoms with Gasteiger partial charge < -0.3 is 22.1 Å².